The molecule has 2 aliphatic heterocycles. The SMILES string of the molecule is O=C1N[C@H](CCC[C@@H](O)c2ccc(F)cc2)[C@@H](c2ccc(-c3ccc([C@@H]4O[C@H](CO)[C@@H](O)[C@H](O)[C@H]4O)cc3)cc2O)N1c1ccccc1. The number of amides is 2. The predicted molar refractivity (Wildman–Crippen MR) is 175 cm³/mol. The van der Waals surface area contributed by atoms with Gasteiger partial charge >= 0.3 is 6.03 Å². The summed E-state index contributed by atoms with van der Waals surface area (Å²) in [5.74, 6) is -0.385. The maximum absolute atomic E-state index is 13.4. The van der Waals surface area contributed by atoms with E-state index in [0.29, 0.717) is 47.2 Å². The van der Waals surface area contributed by atoms with Crippen LogP contribution in [0.5, 0.6) is 5.75 Å². The number of anilines is 1. The number of para-hydroxylation sites is 1. The summed E-state index contributed by atoms with van der Waals surface area (Å²) in [6.07, 6.45) is -5.62. The molecule has 4 aromatic rings. The maximum atomic E-state index is 13.4. The van der Waals surface area contributed by atoms with Crippen LogP contribution in [0.25, 0.3) is 11.1 Å². The number of carbonyl (C=O) groups excluding carboxylic acids is 1. The second kappa shape index (κ2) is 14.4. The van der Waals surface area contributed by atoms with Crippen LogP contribution < -0.4 is 10.2 Å². The van der Waals surface area contributed by atoms with Crippen molar-refractivity contribution in [3.63, 3.8) is 0 Å². The lowest BCUT2D eigenvalue weighted by atomic mass is 9.90. The van der Waals surface area contributed by atoms with E-state index in [4.69, 9.17) is 4.74 Å². The molecule has 48 heavy (non-hydrogen) atoms. The van der Waals surface area contributed by atoms with Crippen molar-refractivity contribution in [3.8, 4) is 16.9 Å². The number of nitrogens with one attached hydrogen (secondary N) is 1. The number of ether oxygens (including phenoxy) is 1. The molecule has 0 bridgehead atoms. The normalized spacial score (nSPS) is 26.3. The molecule has 0 aromatic heterocycles. The van der Waals surface area contributed by atoms with Crippen molar-refractivity contribution in [2.24, 2.45) is 0 Å². The van der Waals surface area contributed by atoms with Gasteiger partial charge in [0.25, 0.3) is 0 Å². The molecule has 0 unspecified atom stereocenters. The summed E-state index contributed by atoms with van der Waals surface area (Å²) in [4.78, 5) is 15.0. The summed E-state index contributed by atoms with van der Waals surface area (Å²) in [5.41, 5.74) is 3.81. The van der Waals surface area contributed by atoms with Crippen molar-refractivity contribution in [2.45, 2.75) is 68.0 Å². The van der Waals surface area contributed by atoms with Crippen LogP contribution >= 0.6 is 0 Å². The third-order valence-electron chi connectivity index (χ3n) is 9.28. The van der Waals surface area contributed by atoms with Gasteiger partial charge in [-0.15, -0.1) is 0 Å². The van der Waals surface area contributed by atoms with Gasteiger partial charge in [0.15, 0.2) is 0 Å². The van der Waals surface area contributed by atoms with Crippen LogP contribution in [0.2, 0.25) is 0 Å². The zero-order valence-electron chi connectivity index (χ0n) is 26.0. The zero-order chi connectivity index (χ0) is 33.9. The Bertz CT molecular complexity index is 1690. The first-order valence-electron chi connectivity index (χ1n) is 16.0. The predicted octanol–water partition coefficient (Wildman–Crippen LogP) is 4.26. The Morgan fingerprint density at radius 3 is 2.21 bits per heavy atom. The monoisotopic (exact) mass is 658 g/mol. The van der Waals surface area contributed by atoms with Crippen molar-refractivity contribution in [3.05, 3.63) is 120 Å². The molecule has 2 fully saturated rings. The molecular weight excluding hydrogens is 619 g/mol. The van der Waals surface area contributed by atoms with E-state index in [1.807, 2.05) is 36.4 Å². The number of halogens is 1. The van der Waals surface area contributed by atoms with E-state index in [0.717, 1.165) is 5.56 Å². The van der Waals surface area contributed by atoms with Gasteiger partial charge in [0.2, 0.25) is 0 Å². The third-order valence-corrected chi connectivity index (χ3v) is 9.28. The van der Waals surface area contributed by atoms with E-state index in [-0.39, 0.29) is 23.6 Å². The van der Waals surface area contributed by atoms with Gasteiger partial charge in [-0.1, -0.05) is 66.7 Å². The number of aliphatic hydroxyl groups excluding tert-OH is 5. The lowest BCUT2D eigenvalue weighted by Crippen LogP contribution is -2.55. The van der Waals surface area contributed by atoms with Crippen LogP contribution in [0.4, 0.5) is 14.9 Å². The highest BCUT2D eigenvalue weighted by molar-refractivity contribution is 5.96. The Balaban J connectivity index is 1.22. The molecule has 252 valence electrons. The summed E-state index contributed by atoms with van der Waals surface area (Å²) < 4.78 is 19.0. The van der Waals surface area contributed by atoms with Crippen molar-refractivity contribution in [1.29, 1.82) is 0 Å². The highest BCUT2D eigenvalue weighted by atomic mass is 19.1. The first-order valence-corrected chi connectivity index (χ1v) is 16.0. The number of aromatic hydroxyl groups is 1. The van der Waals surface area contributed by atoms with Gasteiger partial charge in [0.05, 0.1) is 24.8 Å². The van der Waals surface area contributed by atoms with Crippen molar-refractivity contribution < 1.29 is 44.6 Å². The van der Waals surface area contributed by atoms with E-state index in [1.54, 1.807) is 53.4 Å². The molecule has 0 aliphatic carbocycles. The Labute approximate surface area is 277 Å². The van der Waals surface area contributed by atoms with E-state index in [2.05, 4.69) is 5.32 Å². The highest BCUT2D eigenvalue weighted by Crippen LogP contribution is 2.42. The topological polar surface area (TPSA) is 163 Å². The van der Waals surface area contributed by atoms with Crippen molar-refractivity contribution >= 4 is 11.7 Å². The second-order valence-electron chi connectivity index (χ2n) is 12.3. The van der Waals surface area contributed by atoms with E-state index in [1.165, 1.54) is 12.1 Å². The summed E-state index contributed by atoms with van der Waals surface area (Å²) in [5, 5.41) is 65.5. The number of nitrogens with zero attached hydrogens (tertiary/aromatic N) is 1. The Morgan fingerprint density at radius 2 is 1.54 bits per heavy atom. The summed E-state index contributed by atoms with van der Waals surface area (Å²) in [7, 11) is 0. The number of phenolic OH excluding ortho intramolecular Hbond substituents is 1. The molecule has 2 saturated heterocycles. The zero-order valence-corrected chi connectivity index (χ0v) is 26.0. The lowest BCUT2D eigenvalue weighted by molar-refractivity contribution is -0.231. The Morgan fingerprint density at radius 1 is 0.854 bits per heavy atom. The van der Waals surface area contributed by atoms with Gasteiger partial charge < -0.3 is 40.7 Å². The molecule has 7 N–H and O–H groups in total. The molecule has 2 heterocycles. The molecule has 6 rings (SSSR count). The van der Waals surface area contributed by atoms with Crippen LogP contribution in [0.3, 0.4) is 0 Å². The number of rotatable bonds is 10. The van der Waals surface area contributed by atoms with E-state index >= 15 is 0 Å². The smallest absolute Gasteiger partial charge is 0.322 e. The minimum atomic E-state index is -1.49. The average molecular weight is 659 g/mol. The number of benzene rings is 4. The van der Waals surface area contributed by atoms with Crippen LogP contribution in [-0.4, -0.2) is 73.7 Å². The number of aliphatic hydroxyl groups is 5. The third kappa shape index (κ3) is 6.79. The fourth-order valence-electron chi connectivity index (χ4n) is 6.66. The summed E-state index contributed by atoms with van der Waals surface area (Å²) in [6.45, 7) is -0.520. The first-order chi connectivity index (χ1) is 23.2. The summed E-state index contributed by atoms with van der Waals surface area (Å²) >= 11 is 0. The molecule has 2 amide bonds. The van der Waals surface area contributed by atoms with Crippen molar-refractivity contribution in [1.82, 2.24) is 5.32 Å². The molecule has 0 radical (unpaired) electrons. The van der Waals surface area contributed by atoms with Crippen LogP contribution in [-0.2, 0) is 4.74 Å². The van der Waals surface area contributed by atoms with Gasteiger partial charge in [-0.05, 0) is 71.8 Å². The minimum absolute atomic E-state index is 0.00992. The number of carbonyl (C=O) groups is 1. The standard InChI is InChI=1S/C37H39FN2O8/c38-25-16-13-22(14-17-25)29(42)8-4-7-28-32(40(37(47)39-28)26-5-2-1-3-6-26)27-18-15-24(19-30(27)43)21-9-11-23(12-10-21)36-35(46)34(45)33(44)31(20-41)48-36/h1-3,5-6,9-19,28-29,31-36,41-46H,4,7-8,20H2,(H,39,47)/t28-,29-,31-,32-,33-,34+,35-,36+/m1/s1. The van der Waals surface area contributed by atoms with Crippen LogP contribution in [0.1, 0.15) is 54.2 Å². The quantitative estimate of drug-likeness (QED) is 0.133. The fourth-order valence-corrected chi connectivity index (χ4v) is 6.66. The molecule has 10 nitrogen and oxygen atoms in total. The van der Waals surface area contributed by atoms with E-state index in [9.17, 15) is 39.8 Å². The molecule has 0 saturated carbocycles. The van der Waals surface area contributed by atoms with Gasteiger partial charge in [0.1, 0.15) is 42.1 Å². The maximum Gasteiger partial charge on any atom is 0.322 e. The number of hydrogen-bond acceptors (Lipinski definition) is 8. The minimum Gasteiger partial charge on any atom is -0.508 e. The summed E-state index contributed by atoms with van der Waals surface area (Å²) in [6, 6.07) is 25.9. The number of phenols is 1. The second-order valence-corrected chi connectivity index (χ2v) is 12.3. The van der Waals surface area contributed by atoms with E-state index < -0.39 is 49.3 Å². The fraction of sp³-hybridized carbons (Fsp3) is 0.324. The van der Waals surface area contributed by atoms with Gasteiger partial charge in [-0.25, -0.2) is 9.18 Å². The molecule has 2 aliphatic rings. The van der Waals surface area contributed by atoms with Gasteiger partial charge in [0, 0.05) is 11.3 Å². The Hall–Kier alpha value is -4.36. The highest BCUT2D eigenvalue weighted by Gasteiger charge is 2.44. The van der Waals surface area contributed by atoms with Gasteiger partial charge in [-0.3, -0.25) is 4.90 Å². The van der Waals surface area contributed by atoms with Crippen LogP contribution in [0.15, 0.2) is 97.1 Å². The molecular formula is C37H39FN2O8. The average Bonchev–Trinajstić information content (AvgIpc) is 3.43. The number of hydrogen-bond donors (Lipinski definition) is 7. The largest absolute Gasteiger partial charge is 0.508 e. The number of urea groups is 1. The first kappa shape index (κ1) is 33.5. The molecule has 4 aromatic carbocycles. The molecule has 0 spiro atoms. The lowest BCUT2D eigenvalue weighted by Gasteiger charge is -2.40. The van der Waals surface area contributed by atoms with Gasteiger partial charge in [-0.2, -0.15) is 0 Å². The molecule has 11 heteroatoms. The molecule has 8 atom stereocenters. The Kier molecular flexibility index (Phi) is 10.1. The van der Waals surface area contributed by atoms with Crippen LogP contribution in [0, 0.1) is 5.82 Å². The van der Waals surface area contributed by atoms with Crippen molar-refractivity contribution in [2.75, 3.05) is 11.5 Å².